The Morgan fingerprint density at radius 1 is 1.16 bits per heavy atom. The number of imidazole rings is 1. The van der Waals surface area contributed by atoms with Gasteiger partial charge < -0.3 is 9.30 Å². The van der Waals surface area contributed by atoms with Crippen molar-refractivity contribution in [2.75, 3.05) is 26.3 Å². The van der Waals surface area contributed by atoms with Crippen LogP contribution >= 0.6 is 0 Å². The van der Waals surface area contributed by atoms with Crippen LogP contribution in [0.3, 0.4) is 0 Å². The molecule has 2 aliphatic rings. The van der Waals surface area contributed by atoms with Crippen molar-refractivity contribution in [3.05, 3.63) is 35.2 Å². The normalized spacial score (nSPS) is 22.8. The molecular weight excluding hydrogens is 314 g/mol. The molecule has 0 amide bonds. The van der Waals surface area contributed by atoms with Crippen molar-refractivity contribution in [3.8, 4) is 0 Å². The molecule has 2 aliphatic heterocycles. The molecule has 1 atom stereocenters. The van der Waals surface area contributed by atoms with Gasteiger partial charge in [-0.3, -0.25) is 9.58 Å². The van der Waals surface area contributed by atoms with Gasteiger partial charge in [0.2, 0.25) is 0 Å². The zero-order chi connectivity index (χ0) is 17.4. The van der Waals surface area contributed by atoms with E-state index in [1.54, 1.807) is 0 Å². The highest BCUT2D eigenvalue weighted by atomic mass is 16.5. The fourth-order valence-electron chi connectivity index (χ4n) is 4.30. The molecule has 0 radical (unpaired) electrons. The largest absolute Gasteiger partial charge is 0.381 e. The van der Waals surface area contributed by atoms with Gasteiger partial charge in [-0.25, -0.2) is 4.98 Å². The van der Waals surface area contributed by atoms with Crippen molar-refractivity contribution in [1.29, 1.82) is 0 Å². The first-order chi connectivity index (χ1) is 12.1. The lowest BCUT2D eigenvalue weighted by Gasteiger charge is -2.26. The molecule has 136 valence electrons. The Bertz CT molecular complexity index is 728. The maximum atomic E-state index is 5.54. The summed E-state index contributed by atoms with van der Waals surface area (Å²) < 4.78 is 10.0. The summed E-state index contributed by atoms with van der Waals surface area (Å²) in [4.78, 5) is 7.34. The molecule has 0 aromatic carbocycles. The summed E-state index contributed by atoms with van der Waals surface area (Å²) in [6.45, 7) is 9.33. The summed E-state index contributed by atoms with van der Waals surface area (Å²) in [6, 6.07) is 0.539. The zero-order valence-electron chi connectivity index (χ0n) is 15.6. The Morgan fingerprint density at radius 2 is 1.96 bits per heavy atom. The quantitative estimate of drug-likeness (QED) is 0.856. The summed E-state index contributed by atoms with van der Waals surface area (Å²) in [7, 11) is 2.01. The van der Waals surface area contributed by atoms with Gasteiger partial charge in [0.25, 0.3) is 0 Å². The van der Waals surface area contributed by atoms with Gasteiger partial charge in [-0.1, -0.05) is 0 Å². The fraction of sp³-hybridized carbons (Fsp3) is 0.684. The fourth-order valence-corrected chi connectivity index (χ4v) is 4.30. The third-order valence-corrected chi connectivity index (χ3v) is 5.94. The second kappa shape index (κ2) is 6.92. The van der Waals surface area contributed by atoms with E-state index in [9.17, 15) is 0 Å². The molecule has 6 heteroatoms. The minimum atomic E-state index is 0.539. The average molecular weight is 343 g/mol. The number of hydrogen-bond donors (Lipinski definition) is 0. The Hall–Kier alpha value is -1.66. The van der Waals surface area contributed by atoms with E-state index in [0.29, 0.717) is 12.0 Å². The zero-order valence-corrected chi connectivity index (χ0v) is 15.6. The molecule has 2 saturated heterocycles. The van der Waals surface area contributed by atoms with E-state index in [1.165, 1.54) is 29.2 Å². The van der Waals surface area contributed by atoms with E-state index >= 15 is 0 Å². The maximum Gasteiger partial charge on any atom is 0.112 e. The van der Waals surface area contributed by atoms with E-state index in [1.807, 2.05) is 17.9 Å². The number of hydrogen-bond acceptors (Lipinski definition) is 4. The lowest BCUT2D eigenvalue weighted by molar-refractivity contribution is 0.0824. The van der Waals surface area contributed by atoms with Crippen LogP contribution in [0.5, 0.6) is 0 Å². The van der Waals surface area contributed by atoms with E-state index < -0.39 is 0 Å². The van der Waals surface area contributed by atoms with Gasteiger partial charge in [-0.2, -0.15) is 5.10 Å². The SMILES string of the molecule is Cc1c(CN2CCC(n3c(C)cnc3C3CCOCC3)C2)cnn1C. The highest BCUT2D eigenvalue weighted by molar-refractivity contribution is 5.16. The van der Waals surface area contributed by atoms with Crippen molar-refractivity contribution in [2.24, 2.45) is 7.05 Å². The van der Waals surface area contributed by atoms with Gasteiger partial charge in [-0.15, -0.1) is 0 Å². The van der Waals surface area contributed by atoms with Crippen molar-refractivity contribution in [3.63, 3.8) is 0 Å². The lowest BCUT2D eigenvalue weighted by atomic mass is 9.99. The summed E-state index contributed by atoms with van der Waals surface area (Å²) in [5.41, 5.74) is 3.91. The first-order valence-electron chi connectivity index (χ1n) is 9.44. The second-order valence-electron chi connectivity index (χ2n) is 7.57. The summed E-state index contributed by atoms with van der Waals surface area (Å²) in [5.74, 6) is 1.84. The smallest absolute Gasteiger partial charge is 0.112 e. The molecule has 1 unspecified atom stereocenters. The number of rotatable bonds is 4. The highest BCUT2D eigenvalue weighted by Gasteiger charge is 2.30. The maximum absolute atomic E-state index is 5.54. The highest BCUT2D eigenvalue weighted by Crippen LogP contribution is 2.32. The molecule has 0 bridgehead atoms. The number of nitrogens with zero attached hydrogens (tertiary/aromatic N) is 5. The van der Waals surface area contributed by atoms with Gasteiger partial charge in [0, 0.05) is 75.0 Å². The van der Waals surface area contributed by atoms with Gasteiger partial charge in [-0.05, 0) is 33.1 Å². The second-order valence-corrected chi connectivity index (χ2v) is 7.57. The Balaban J connectivity index is 1.48. The average Bonchev–Trinajstić information content (AvgIpc) is 3.31. The van der Waals surface area contributed by atoms with Gasteiger partial charge in [0.1, 0.15) is 5.82 Å². The predicted octanol–water partition coefficient (Wildman–Crippen LogP) is 2.57. The van der Waals surface area contributed by atoms with E-state index in [2.05, 4.69) is 34.6 Å². The minimum absolute atomic E-state index is 0.539. The molecule has 0 N–H and O–H groups in total. The molecule has 2 aromatic heterocycles. The molecule has 25 heavy (non-hydrogen) atoms. The van der Waals surface area contributed by atoms with Crippen LogP contribution in [0.15, 0.2) is 12.4 Å². The molecule has 2 aromatic rings. The van der Waals surface area contributed by atoms with Gasteiger partial charge in [0.15, 0.2) is 0 Å². The van der Waals surface area contributed by atoms with Crippen molar-refractivity contribution >= 4 is 0 Å². The summed E-state index contributed by atoms with van der Waals surface area (Å²) in [6.07, 6.45) is 7.47. The number of aromatic nitrogens is 4. The molecule has 2 fully saturated rings. The van der Waals surface area contributed by atoms with Crippen molar-refractivity contribution in [2.45, 2.75) is 51.6 Å². The van der Waals surface area contributed by atoms with E-state index in [0.717, 1.165) is 45.7 Å². The summed E-state index contributed by atoms with van der Waals surface area (Å²) >= 11 is 0. The third kappa shape index (κ3) is 3.25. The molecule has 6 nitrogen and oxygen atoms in total. The topological polar surface area (TPSA) is 48.1 Å². The van der Waals surface area contributed by atoms with Crippen LogP contribution in [-0.2, 0) is 18.3 Å². The number of aryl methyl sites for hydroxylation is 2. The van der Waals surface area contributed by atoms with Crippen LogP contribution in [0, 0.1) is 13.8 Å². The van der Waals surface area contributed by atoms with E-state index in [4.69, 9.17) is 9.72 Å². The number of ether oxygens (including phenoxy) is 1. The minimum Gasteiger partial charge on any atom is -0.381 e. The number of likely N-dealkylation sites (tertiary alicyclic amines) is 1. The van der Waals surface area contributed by atoms with Crippen LogP contribution in [-0.4, -0.2) is 50.5 Å². The van der Waals surface area contributed by atoms with Crippen LogP contribution in [0.25, 0.3) is 0 Å². The first-order valence-corrected chi connectivity index (χ1v) is 9.44. The molecule has 4 heterocycles. The van der Waals surface area contributed by atoms with Crippen LogP contribution in [0.4, 0.5) is 0 Å². The Kier molecular flexibility index (Phi) is 4.65. The molecule has 0 aliphatic carbocycles. The molecule has 0 saturated carbocycles. The molecule has 4 rings (SSSR count). The van der Waals surface area contributed by atoms with Crippen molar-refractivity contribution in [1.82, 2.24) is 24.2 Å². The molecular formula is C19H29N5O. The standard InChI is InChI=1S/C19H29N5O/c1-14-10-20-19(16-5-8-25-9-6-16)24(14)18-4-7-23(13-18)12-17-11-21-22(3)15(17)2/h10-11,16,18H,4-9,12-13H2,1-3H3. The third-order valence-electron chi connectivity index (χ3n) is 5.94. The summed E-state index contributed by atoms with van der Waals surface area (Å²) in [5, 5.41) is 4.38. The van der Waals surface area contributed by atoms with Crippen molar-refractivity contribution < 1.29 is 4.74 Å². The monoisotopic (exact) mass is 343 g/mol. The Labute approximate surface area is 149 Å². The van der Waals surface area contributed by atoms with Gasteiger partial charge >= 0.3 is 0 Å². The van der Waals surface area contributed by atoms with Gasteiger partial charge in [0.05, 0.1) is 6.20 Å². The van der Waals surface area contributed by atoms with Crippen LogP contribution < -0.4 is 0 Å². The molecule has 0 spiro atoms. The van der Waals surface area contributed by atoms with E-state index in [-0.39, 0.29) is 0 Å². The van der Waals surface area contributed by atoms with Crippen LogP contribution in [0.2, 0.25) is 0 Å². The Morgan fingerprint density at radius 3 is 2.68 bits per heavy atom. The first kappa shape index (κ1) is 16.8. The lowest BCUT2D eigenvalue weighted by Crippen LogP contribution is -2.24. The van der Waals surface area contributed by atoms with Crippen LogP contribution in [0.1, 0.15) is 54.0 Å². The predicted molar refractivity (Wildman–Crippen MR) is 96.6 cm³/mol.